The first-order valence-electron chi connectivity index (χ1n) is 6.72. The molecule has 0 bridgehead atoms. The maximum absolute atomic E-state index is 11.9. The van der Waals surface area contributed by atoms with Crippen molar-refractivity contribution in [2.75, 3.05) is 0 Å². The molecule has 19 heavy (non-hydrogen) atoms. The van der Waals surface area contributed by atoms with Gasteiger partial charge in [0.05, 0.1) is 6.42 Å². The van der Waals surface area contributed by atoms with Gasteiger partial charge in [-0.05, 0) is 25.3 Å². The molecule has 0 fully saturated rings. The number of Topliss-reactive ketones (excluding diaryl/α,β-unsaturated/α-hetero) is 1. The predicted octanol–water partition coefficient (Wildman–Crippen LogP) is 2.43. The molecule has 0 aliphatic heterocycles. The summed E-state index contributed by atoms with van der Waals surface area (Å²) in [5.74, 6) is 1.01. The molecule has 100 valence electrons. The van der Waals surface area contributed by atoms with Gasteiger partial charge in [0.2, 0.25) is 0 Å². The van der Waals surface area contributed by atoms with Crippen molar-refractivity contribution < 1.29 is 4.79 Å². The molecule has 0 spiro atoms. The Balaban J connectivity index is 1.76. The zero-order valence-electron chi connectivity index (χ0n) is 11.2. The molecule has 0 aliphatic rings. The molecule has 2 rings (SSSR count). The minimum Gasteiger partial charge on any atom is -0.299 e. The number of nitrogens with zero attached hydrogens (tertiary/aromatic N) is 3. The molecule has 0 N–H and O–H groups in total. The second kappa shape index (κ2) is 6.83. The van der Waals surface area contributed by atoms with Crippen molar-refractivity contribution in [2.45, 2.75) is 39.2 Å². The Morgan fingerprint density at radius 3 is 2.79 bits per heavy atom. The Kier molecular flexibility index (Phi) is 4.84. The van der Waals surface area contributed by atoms with Crippen LogP contribution in [0.5, 0.6) is 0 Å². The number of ketones is 1. The van der Waals surface area contributed by atoms with E-state index in [1.807, 2.05) is 25.1 Å². The van der Waals surface area contributed by atoms with Gasteiger partial charge in [0, 0.05) is 13.0 Å². The Labute approximate surface area is 113 Å². The van der Waals surface area contributed by atoms with Crippen LogP contribution in [-0.4, -0.2) is 20.5 Å². The summed E-state index contributed by atoms with van der Waals surface area (Å²) in [5, 5.41) is 4.07. The molecule has 4 nitrogen and oxygen atoms in total. The zero-order valence-corrected chi connectivity index (χ0v) is 11.2. The summed E-state index contributed by atoms with van der Waals surface area (Å²) < 4.78 is 1.77. The Morgan fingerprint density at radius 1 is 1.26 bits per heavy atom. The van der Waals surface area contributed by atoms with Gasteiger partial charge in [0.15, 0.2) is 0 Å². The molecule has 0 aliphatic carbocycles. The van der Waals surface area contributed by atoms with Crippen LogP contribution in [0.25, 0.3) is 0 Å². The average molecular weight is 257 g/mol. The molecule has 0 atom stereocenters. The standard InChI is InChI=1S/C15H19N3O/c1-2-18-15(16-12-17-18)11-14(19)10-6-9-13-7-4-3-5-8-13/h3-5,7-8,12H,2,6,9-11H2,1H3. The summed E-state index contributed by atoms with van der Waals surface area (Å²) in [6.45, 7) is 2.75. The molecule has 1 heterocycles. The molecular weight excluding hydrogens is 238 g/mol. The van der Waals surface area contributed by atoms with Crippen molar-refractivity contribution in [3.63, 3.8) is 0 Å². The van der Waals surface area contributed by atoms with Crippen molar-refractivity contribution in [3.8, 4) is 0 Å². The van der Waals surface area contributed by atoms with Crippen LogP contribution in [0.2, 0.25) is 0 Å². The normalized spacial score (nSPS) is 10.6. The lowest BCUT2D eigenvalue weighted by molar-refractivity contribution is -0.118. The Hall–Kier alpha value is -1.97. The van der Waals surface area contributed by atoms with E-state index in [0.717, 1.165) is 25.2 Å². The third kappa shape index (κ3) is 4.02. The van der Waals surface area contributed by atoms with Crippen LogP contribution >= 0.6 is 0 Å². The molecule has 0 saturated carbocycles. The number of aryl methyl sites for hydroxylation is 2. The largest absolute Gasteiger partial charge is 0.299 e. The van der Waals surface area contributed by atoms with Crippen LogP contribution in [0.1, 0.15) is 31.2 Å². The number of carbonyl (C=O) groups excluding carboxylic acids is 1. The molecule has 1 aromatic carbocycles. The minimum atomic E-state index is 0.235. The lowest BCUT2D eigenvalue weighted by Crippen LogP contribution is -2.10. The summed E-state index contributed by atoms with van der Waals surface area (Å²) in [7, 11) is 0. The summed E-state index contributed by atoms with van der Waals surface area (Å²) in [5.41, 5.74) is 1.28. The summed E-state index contributed by atoms with van der Waals surface area (Å²) in [6, 6.07) is 10.3. The highest BCUT2D eigenvalue weighted by Crippen LogP contribution is 2.06. The van der Waals surface area contributed by atoms with Crippen molar-refractivity contribution in [1.82, 2.24) is 14.8 Å². The van der Waals surface area contributed by atoms with E-state index < -0.39 is 0 Å². The van der Waals surface area contributed by atoms with Gasteiger partial charge in [-0.3, -0.25) is 4.79 Å². The summed E-state index contributed by atoms with van der Waals surface area (Å²) in [4.78, 5) is 16.0. The molecule has 0 amide bonds. The van der Waals surface area contributed by atoms with E-state index in [4.69, 9.17) is 0 Å². The summed E-state index contributed by atoms with van der Waals surface area (Å²) in [6.07, 6.45) is 4.35. The number of hydrogen-bond donors (Lipinski definition) is 0. The molecule has 0 unspecified atom stereocenters. The number of aromatic nitrogens is 3. The third-order valence-electron chi connectivity index (χ3n) is 3.11. The van der Waals surface area contributed by atoms with Gasteiger partial charge < -0.3 is 0 Å². The highest BCUT2D eigenvalue weighted by atomic mass is 16.1. The van der Waals surface area contributed by atoms with Gasteiger partial charge in [-0.2, -0.15) is 5.10 Å². The summed E-state index contributed by atoms with van der Waals surface area (Å²) >= 11 is 0. The van der Waals surface area contributed by atoms with Gasteiger partial charge in [-0.15, -0.1) is 0 Å². The van der Waals surface area contributed by atoms with E-state index >= 15 is 0 Å². The van der Waals surface area contributed by atoms with E-state index in [0.29, 0.717) is 12.8 Å². The fourth-order valence-electron chi connectivity index (χ4n) is 2.09. The van der Waals surface area contributed by atoms with Crippen LogP contribution in [0.4, 0.5) is 0 Å². The van der Waals surface area contributed by atoms with Gasteiger partial charge in [0.1, 0.15) is 17.9 Å². The first kappa shape index (κ1) is 13.5. The lowest BCUT2D eigenvalue weighted by atomic mass is 10.1. The highest BCUT2D eigenvalue weighted by molar-refractivity contribution is 5.80. The Morgan fingerprint density at radius 2 is 2.05 bits per heavy atom. The number of benzene rings is 1. The number of rotatable bonds is 7. The first-order chi connectivity index (χ1) is 9.29. The highest BCUT2D eigenvalue weighted by Gasteiger charge is 2.09. The van der Waals surface area contributed by atoms with Crippen LogP contribution in [0.3, 0.4) is 0 Å². The maximum atomic E-state index is 11.9. The van der Waals surface area contributed by atoms with Crippen molar-refractivity contribution in [2.24, 2.45) is 0 Å². The second-order valence-corrected chi connectivity index (χ2v) is 4.55. The van der Waals surface area contributed by atoms with E-state index in [1.54, 1.807) is 4.68 Å². The molecular formula is C15H19N3O. The quantitative estimate of drug-likeness (QED) is 0.765. The maximum Gasteiger partial charge on any atom is 0.140 e. The second-order valence-electron chi connectivity index (χ2n) is 4.55. The lowest BCUT2D eigenvalue weighted by Gasteiger charge is -2.03. The van der Waals surface area contributed by atoms with E-state index in [9.17, 15) is 4.79 Å². The Bertz CT molecular complexity index is 519. The smallest absolute Gasteiger partial charge is 0.140 e. The number of carbonyl (C=O) groups is 1. The van der Waals surface area contributed by atoms with Crippen LogP contribution in [0.15, 0.2) is 36.7 Å². The monoisotopic (exact) mass is 257 g/mol. The average Bonchev–Trinajstić information content (AvgIpc) is 2.87. The zero-order chi connectivity index (χ0) is 13.5. The third-order valence-corrected chi connectivity index (χ3v) is 3.11. The molecule has 0 radical (unpaired) electrons. The van der Waals surface area contributed by atoms with Crippen molar-refractivity contribution in [3.05, 3.63) is 48.0 Å². The van der Waals surface area contributed by atoms with Gasteiger partial charge >= 0.3 is 0 Å². The van der Waals surface area contributed by atoms with Crippen LogP contribution < -0.4 is 0 Å². The van der Waals surface area contributed by atoms with Crippen LogP contribution in [0, 0.1) is 0 Å². The van der Waals surface area contributed by atoms with Gasteiger partial charge in [0.25, 0.3) is 0 Å². The van der Waals surface area contributed by atoms with Gasteiger partial charge in [-0.25, -0.2) is 9.67 Å². The van der Waals surface area contributed by atoms with E-state index in [-0.39, 0.29) is 5.78 Å². The number of hydrogen-bond acceptors (Lipinski definition) is 3. The van der Waals surface area contributed by atoms with Crippen molar-refractivity contribution in [1.29, 1.82) is 0 Å². The van der Waals surface area contributed by atoms with Crippen LogP contribution in [-0.2, 0) is 24.2 Å². The molecule has 2 aromatic rings. The van der Waals surface area contributed by atoms with E-state index in [1.165, 1.54) is 11.9 Å². The fraction of sp³-hybridized carbons (Fsp3) is 0.400. The molecule has 0 saturated heterocycles. The fourth-order valence-corrected chi connectivity index (χ4v) is 2.09. The van der Waals surface area contributed by atoms with Crippen molar-refractivity contribution >= 4 is 5.78 Å². The molecule has 4 heteroatoms. The topological polar surface area (TPSA) is 47.8 Å². The van der Waals surface area contributed by atoms with E-state index in [2.05, 4.69) is 22.2 Å². The van der Waals surface area contributed by atoms with Gasteiger partial charge in [-0.1, -0.05) is 30.3 Å². The first-order valence-corrected chi connectivity index (χ1v) is 6.72. The SMILES string of the molecule is CCn1ncnc1CC(=O)CCCc1ccccc1. The predicted molar refractivity (Wildman–Crippen MR) is 73.8 cm³/mol. The molecule has 1 aromatic heterocycles. The minimum absolute atomic E-state index is 0.235.